The van der Waals surface area contributed by atoms with E-state index in [0.717, 1.165) is 22.5 Å². The van der Waals surface area contributed by atoms with Crippen molar-refractivity contribution in [2.45, 2.75) is 19.5 Å². The van der Waals surface area contributed by atoms with E-state index in [2.05, 4.69) is 26.5 Å². The number of rotatable bonds is 6. The van der Waals surface area contributed by atoms with Crippen LogP contribution in [0.15, 0.2) is 34.9 Å². The van der Waals surface area contributed by atoms with Gasteiger partial charge in [-0.05, 0) is 47.1 Å². The molecular weight excluding hydrogens is 344 g/mol. The Labute approximate surface area is 131 Å². The van der Waals surface area contributed by atoms with E-state index in [1.54, 1.807) is 18.3 Å². The lowest BCUT2D eigenvalue weighted by atomic mass is 10.2. The van der Waals surface area contributed by atoms with Crippen molar-refractivity contribution in [2.75, 3.05) is 6.61 Å². The van der Waals surface area contributed by atoms with E-state index in [0.29, 0.717) is 11.6 Å². The smallest absolute Gasteiger partial charge is 0.119 e. The van der Waals surface area contributed by atoms with Crippen molar-refractivity contribution in [1.82, 2.24) is 15.2 Å². The van der Waals surface area contributed by atoms with Crippen LogP contribution >= 0.6 is 27.5 Å². The van der Waals surface area contributed by atoms with Crippen molar-refractivity contribution in [1.29, 1.82) is 0 Å². The molecule has 0 spiro atoms. The molecule has 1 aromatic carbocycles. The zero-order chi connectivity index (χ0) is 14.5. The third-order valence-corrected chi connectivity index (χ3v) is 3.76. The van der Waals surface area contributed by atoms with E-state index in [-0.39, 0.29) is 6.04 Å². The summed E-state index contributed by atoms with van der Waals surface area (Å²) in [6, 6.07) is 7.05. The van der Waals surface area contributed by atoms with Crippen molar-refractivity contribution in [3.63, 3.8) is 0 Å². The molecule has 1 aromatic heterocycles. The minimum Gasteiger partial charge on any atom is -0.491 e. The quantitative estimate of drug-likeness (QED) is 0.615. The van der Waals surface area contributed by atoms with Gasteiger partial charge in [0.1, 0.15) is 12.4 Å². The molecule has 5 nitrogen and oxygen atoms in total. The van der Waals surface area contributed by atoms with Crippen molar-refractivity contribution < 1.29 is 4.74 Å². The predicted molar refractivity (Wildman–Crippen MR) is 82.6 cm³/mol. The number of benzene rings is 1. The number of nitrogens with zero attached hydrogens (tertiary/aromatic N) is 2. The summed E-state index contributed by atoms with van der Waals surface area (Å²) in [5.41, 5.74) is 3.72. The minimum atomic E-state index is -0.164. The number of aryl methyl sites for hydroxylation is 1. The van der Waals surface area contributed by atoms with Crippen LogP contribution in [-0.2, 0) is 6.54 Å². The van der Waals surface area contributed by atoms with Crippen LogP contribution in [0.25, 0.3) is 0 Å². The van der Waals surface area contributed by atoms with Crippen molar-refractivity contribution in [3.05, 3.63) is 45.7 Å². The Bertz CT molecular complexity index is 558. The number of nitrogens with one attached hydrogen (secondary N) is 1. The average Bonchev–Trinajstić information content (AvgIpc) is 2.83. The van der Waals surface area contributed by atoms with Gasteiger partial charge in [0.2, 0.25) is 0 Å². The van der Waals surface area contributed by atoms with Gasteiger partial charge >= 0.3 is 0 Å². The fraction of sp³-hybridized carbons (Fsp3) is 0.308. The number of aromatic nitrogens is 2. The molecular formula is C13H16BrClN4O. The summed E-state index contributed by atoms with van der Waals surface area (Å²) >= 11 is 9.32. The van der Waals surface area contributed by atoms with E-state index < -0.39 is 0 Å². The Hall–Kier alpha value is -1.08. The summed E-state index contributed by atoms with van der Waals surface area (Å²) in [7, 11) is 0. The second-order valence-corrected chi connectivity index (χ2v) is 5.47. The first-order valence-corrected chi connectivity index (χ1v) is 7.38. The molecule has 0 saturated heterocycles. The molecule has 1 unspecified atom stereocenters. The van der Waals surface area contributed by atoms with E-state index >= 15 is 0 Å². The van der Waals surface area contributed by atoms with Crippen LogP contribution in [0, 0.1) is 0 Å². The summed E-state index contributed by atoms with van der Waals surface area (Å²) in [5.74, 6) is 6.38. The molecule has 0 aliphatic rings. The van der Waals surface area contributed by atoms with Gasteiger partial charge in [-0.15, -0.1) is 0 Å². The lowest BCUT2D eigenvalue weighted by molar-refractivity contribution is 0.259. The number of halogens is 2. The van der Waals surface area contributed by atoms with Gasteiger partial charge in [-0.2, -0.15) is 5.10 Å². The Morgan fingerprint density at radius 1 is 1.45 bits per heavy atom. The fourth-order valence-corrected chi connectivity index (χ4v) is 2.59. The molecule has 108 valence electrons. The monoisotopic (exact) mass is 358 g/mol. The van der Waals surface area contributed by atoms with Gasteiger partial charge in [0.15, 0.2) is 0 Å². The lowest BCUT2D eigenvalue weighted by Crippen LogP contribution is -2.34. The van der Waals surface area contributed by atoms with Gasteiger partial charge in [0, 0.05) is 11.6 Å². The molecule has 2 rings (SSSR count). The zero-order valence-corrected chi connectivity index (χ0v) is 13.4. The van der Waals surface area contributed by atoms with Crippen LogP contribution in [0.1, 0.15) is 18.7 Å². The van der Waals surface area contributed by atoms with E-state index in [1.807, 2.05) is 23.7 Å². The van der Waals surface area contributed by atoms with Crippen molar-refractivity contribution in [3.8, 4) is 5.75 Å². The molecule has 2 aromatic rings. The maximum absolute atomic E-state index is 5.84. The summed E-state index contributed by atoms with van der Waals surface area (Å²) in [6.07, 6.45) is 1.76. The van der Waals surface area contributed by atoms with E-state index in [9.17, 15) is 0 Å². The fourth-order valence-electron chi connectivity index (χ4n) is 1.89. The molecule has 0 fully saturated rings. The number of nitrogens with two attached hydrogens (primary N) is 1. The van der Waals surface area contributed by atoms with E-state index in [1.165, 1.54) is 0 Å². The Morgan fingerprint density at radius 3 is 2.75 bits per heavy atom. The normalized spacial score (nSPS) is 12.4. The molecule has 20 heavy (non-hydrogen) atoms. The topological polar surface area (TPSA) is 65.1 Å². The van der Waals surface area contributed by atoms with Crippen LogP contribution in [0.5, 0.6) is 5.75 Å². The van der Waals surface area contributed by atoms with E-state index in [4.69, 9.17) is 22.2 Å². The standard InChI is InChI=1S/C13H16BrClN4O/c1-2-19-13(11(14)7-17-19)12(18-16)8-20-10-5-3-9(15)4-6-10/h3-7,12,18H,2,8,16H2,1H3. The highest BCUT2D eigenvalue weighted by Gasteiger charge is 2.19. The summed E-state index contributed by atoms with van der Waals surface area (Å²) in [4.78, 5) is 0. The summed E-state index contributed by atoms with van der Waals surface area (Å²) in [5, 5.41) is 4.95. The molecule has 0 bridgehead atoms. The Morgan fingerprint density at radius 2 is 2.15 bits per heavy atom. The van der Waals surface area contributed by atoms with Gasteiger partial charge in [-0.25, -0.2) is 5.43 Å². The Balaban J connectivity index is 2.09. The third kappa shape index (κ3) is 3.52. The van der Waals surface area contributed by atoms with Crippen molar-refractivity contribution in [2.24, 2.45) is 5.84 Å². The maximum atomic E-state index is 5.84. The Kier molecular flexibility index (Phi) is 5.42. The largest absolute Gasteiger partial charge is 0.491 e. The van der Waals surface area contributed by atoms with Crippen LogP contribution < -0.4 is 16.0 Å². The predicted octanol–water partition coefficient (Wildman–Crippen LogP) is 2.90. The second-order valence-electron chi connectivity index (χ2n) is 4.18. The van der Waals surface area contributed by atoms with Crippen LogP contribution in [0.2, 0.25) is 5.02 Å². The number of ether oxygens (including phenoxy) is 1. The van der Waals surface area contributed by atoms with Gasteiger partial charge in [-0.1, -0.05) is 11.6 Å². The molecule has 1 atom stereocenters. The SMILES string of the molecule is CCn1ncc(Br)c1C(COc1ccc(Cl)cc1)NN. The minimum absolute atomic E-state index is 0.164. The zero-order valence-electron chi connectivity index (χ0n) is 11.0. The van der Waals surface area contributed by atoms with Gasteiger partial charge < -0.3 is 4.74 Å². The lowest BCUT2D eigenvalue weighted by Gasteiger charge is -2.18. The highest BCUT2D eigenvalue weighted by atomic mass is 79.9. The molecule has 7 heteroatoms. The third-order valence-electron chi connectivity index (χ3n) is 2.89. The van der Waals surface area contributed by atoms with Crippen molar-refractivity contribution >= 4 is 27.5 Å². The molecule has 1 heterocycles. The molecule has 3 N–H and O–H groups in total. The number of hydrogen-bond donors (Lipinski definition) is 2. The molecule has 0 aliphatic carbocycles. The number of hydrogen-bond acceptors (Lipinski definition) is 4. The molecule has 0 aliphatic heterocycles. The first kappa shape index (κ1) is 15.3. The average molecular weight is 360 g/mol. The highest BCUT2D eigenvalue weighted by Crippen LogP contribution is 2.24. The van der Waals surface area contributed by atoms with Crippen LogP contribution in [-0.4, -0.2) is 16.4 Å². The van der Waals surface area contributed by atoms with Gasteiger partial charge in [0.25, 0.3) is 0 Å². The first-order valence-electron chi connectivity index (χ1n) is 6.21. The summed E-state index contributed by atoms with van der Waals surface area (Å²) in [6.45, 7) is 3.18. The van der Waals surface area contributed by atoms with Gasteiger partial charge in [-0.3, -0.25) is 10.5 Å². The van der Waals surface area contributed by atoms with Crippen LogP contribution in [0.3, 0.4) is 0 Å². The molecule has 0 radical (unpaired) electrons. The number of hydrazine groups is 1. The second kappa shape index (κ2) is 7.08. The summed E-state index contributed by atoms with van der Waals surface area (Å²) < 4.78 is 8.51. The van der Waals surface area contributed by atoms with Crippen LogP contribution in [0.4, 0.5) is 0 Å². The van der Waals surface area contributed by atoms with Gasteiger partial charge in [0.05, 0.1) is 22.4 Å². The first-order chi connectivity index (χ1) is 9.65. The highest BCUT2D eigenvalue weighted by molar-refractivity contribution is 9.10. The molecule has 0 saturated carbocycles. The molecule has 0 amide bonds. The maximum Gasteiger partial charge on any atom is 0.119 e.